The Morgan fingerprint density at radius 1 is 0.338 bits per heavy atom. The molecule has 1 unspecified atom stereocenters. The van der Waals surface area contributed by atoms with Gasteiger partial charge in [-0.3, -0.25) is 9.59 Å². The van der Waals surface area contributed by atoms with E-state index >= 15 is 0 Å². The molecule has 0 rings (SSSR count). The van der Waals surface area contributed by atoms with Crippen molar-refractivity contribution in [3.8, 4) is 0 Å². The minimum Gasteiger partial charge on any atom is -0.462 e. The molecule has 0 radical (unpaired) electrons. The van der Waals surface area contributed by atoms with Crippen molar-refractivity contribution in [3.63, 3.8) is 0 Å². The van der Waals surface area contributed by atoms with Gasteiger partial charge in [-0.1, -0.05) is 233 Å². The summed E-state index contributed by atoms with van der Waals surface area (Å²) in [7, 11) is 0. The molecule has 0 spiro atoms. The van der Waals surface area contributed by atoms with Crippen molar-refractivity contribution >= 4 is 11.9 Å². The van der Waals surface area contributed by atoms with Crippen LogP contribution in [0.1, 0.15) is 252 Å². The maximum Gasteiger partial charge on any atom is 0.306 e. The monoisotopic (exact) mass is 943 g/mol. The second-order valence-electron chi connectivity index (χ2n) is 18.4. The van der Waals surface area contributed by atoms with E-state index in [2.05, 4.69) is 124 Å². The van der Waals surface area contributed by atoms with Gasteiger partial charge in [-0.15, -0.1) is 0 Å². The summed E-state index contributed by atoms with van der Waals surface area (Å²) in [5.74, 6) is -0.507. The number of carbonyl (C=O) groups excluding carboxylic acids is 2. The van der Waals surface area contributed by atoms with Gasteiger partial charge in [-0.2, -0.15) is 0 Å². The number of carbonyl (C=O) groups is 2. The number of ether oxygens (including phenoxy) is 3. The number of hydrogen-bond acceptors (Lipinski definition) is 5. The van der Waals surface area contributed by atoms with E-state index < -0.39 is 6.10 Å². The first-order valence-electron chi connectivity index (χ1n) is 28.4. The lowest BCUT2D eigenvalue weighted by Crippen LogP contribution is -2.30. The topological polar surface area (TPSA) is 61.8 Å². The van der Waals surface area contributed by atoms with Crippen molar-refractivity contribution in [3.05, 3.63) is 109 Å². The number of hydrogen-bond donors (Lipinski definition) is 0. The van der Waals surface area contributed by atoms with Crippen molar-refractivity contribution in [1.29, 1.82) is 0 Å². The van der Waals surface area contributed by atoms with Gasteiger partial charge in [-0.25, -0.2) is 0 Å². The normalized spacial score (nSPS) is 13.0. The molecule has 0 aromatic heterocycles. The molecule has 5 heteroatoms. The van der Waals surface area contributed by atoms with Crippen LogP contribution in [-0.4, -0.2) is 37.9 Å². The Balaban J connectivity index is 4.38. The van der Waals surface area contributed by atoms with Crippen LogP contribution in [0.3, 0.4) is 0 Å². The summed E-state index contributed by atoms with van der Waals surface area (Å²) in [5, 5.41) is 0. The van der Waals surface area contributed by atoms with Gasteiger partial charge in [0.15, 0.2) is 6.10 Å². The second-order valence-corrected chi connectivity index (χ2v) is 18.4. The highest BCUT2D eigenvalue weighted by Crippen LogP contribution is 2.14. The predicted molar refractivity (Wildman–Crippen MR) is 297 cm³/mol. The Morgan fingerprint density at radius 2 is 0.691 bits per heavy atom. The highest BCUT2D eigenvalue weighted by atomic mass is 16.6. The van der Waals surface area contributed by atoms with Gasteiger partial charge >= 0.3 is 11.9 Å². The van der Waals surface area contributed by atoms with Gasteiger partial charge in [0, 0.05) is 19.4 Å². The largest absolute Gasteiger partial charge is 0.462 e. The summed E-state index contributed by atoms with van der Waals surface area (Å²) in [6.07, 6.45) is 79.8. The Hall–Kier alpha value is -3.44. The quantitative estimate of drug-likeness (QED) is 0.0345. The SMILES string of the molecule is CC/C=C\C/C=C\C/C=C\C/C=C\C/C=C\C/C=C\CCC(=O)OCC(COCCCCCCCCCCCC/C=C\C/C=C\CCCCC)OC(=O)CCCCCCC/C=C\CCCCCC. The first kappa shape index (κ1) is 64.6. The van der Waals surface area contributed by atoms with Crippen LogP contribution in [0, 0.1) is 0 Å². The summed E-state index contributed by atoms with van der Waals surface area (Å²) < 4.78 is 17.4. The van der Waals surface area contributed by atoms with Crippen molar-refractivity contribution in [1.82, 2.24) is 0 Å². The van der Waals surface area contributed by atoms with Gasteiger partial charge in [0.25, 0.3) is 0 Å². The van der Waals surface area contributed by atoms with Crippen LogP contribution in [-0.2, 0) is 23.8 Å². The van der Waals surface area contributed by atoms with Crippen LogP contribution >= 0.6 is 0 Å². The molecule has 0 N–H and O–H groups in total. The molecule has 0 aromatic carbocycles. The molecule has 0 aliphatic carbocycles. The zero-order chi connectivity index (χ0) is 49.2. The van der Waals surface area contributed by atoms with Crippen molar-refractivity contribution in [2.24, 2.45) is 0 Å². The molecule has 68 heavy (non-hydrogen) atoms. The maximum atomic E-state index is 12.8. The van der Waals surface area contributed by atoms with Crippen LogP contribution in [0.4, 0.5) is 0 Å². The first-order valence-corrected chi connectivity index (χ1v) is 28.4. The standard InChI is InChI=1S/C63H106O5/c1-4-7-10-13-16-19-22-25-27-29-31-33-35-37-40-43-46-49-52-55-58-66-59-61(68-63(65)57-54-51-48-45-42-38-24-21-18-15-12-9-6-3)60-67-62(64)56-53-50-47-44-41-39-36-34-32-30-28-26-23-20-17-14-11-8-5-2/h8,11,16-17,19-21,24-28,32,34,39,41,47,50,61H,4-7,9-10,12-15,18,22-23,29-31,33,35-38,40,42-46,48-49,51-60H2,1-3H3/b11-8-,19-16-,20-17-,24-21-,27-25-,28-26-,34-32-,41-39-,50-47-. The van der Waals surface area contributed by atoms with E-state index in [1.807, 2.05) is 6.08 Å². The third-order valence-electron chi connectivity index (χ3n) is 11.8. The molecule has 0 bridgehead atoms. The van der Waals surface area contributed by atoms with E-state index in [1.165, 1.54) is 128 Å². The molecular weight excluding hydrogens is 837 g/mol. The molecule has 0 aliphatic heterocycles. The molecule has 1 atom stereocenters. The molecule has 0 heterocycles. The summed E-state index contributed by atoms with van der Waals surface area (Å²) in [6.45, 7) is 7.59. The lowest BCUT2D eigenvalue weighted by Gasteiger charge is -2.18. The van der Waals surface area contributed by atoms with E-state index in [4.69, 9.17) is 14.2 Å². The zero-order valence-electron chi connectivity index (χ0n) is 44.6. The number of esters is 2. The average molecular weight is 944 g/mol. The number of unbranched alkanes of at least 4 members (excludes halogenated alkanes) is 22. The Labute approximate surface area is 421 Å². The van der Waals surface area contributed by atoms with Gasteiger partial charge in [0.1, 0.15) is 6.61 Å². The van der Waals surface area contributed by atoms with E-state index in [0.29, 0.717) is 25.9 Å². The van der Waals surface area contributed by atoms with Crippen LogP contribution in [0.15, 0.2) is 109 Å². The minimum absolute atomic E-state index is 0.0357. The highest BCUT2D eigenvalue weighted by Gasteiger charge is 2.17. The Bertz CT molecular complexity index is 1340. The minimum atomic E-state index is -0.579. The zero-order valence-corrected chi connectivity index (χ0v) is 44.6. The second kappa shape index (κ2) is 57.9. The van der Waals surface area contributed by atoms with Crippen molar-refractivity contribution in [2.75, 3.05) is 19.8 Å². The van der Waals surface area contributed by atoms with Crippen LogP contribution in [0.5, 0.6) is 0 Å². The van der Waals surface area contributed by atoms with E-state index in [0.717, 1.165) is 83.5 Å². The molecular formula is C63H106O5. The predicted octanol–water partition coefficient (Wildman–Crippen LogP) is 19.6. The van der Waals surface area contributed by atoms with Gasteiger partial charge in [0.2, 0.25) is 0 Å². The van der Waals surface area contributed by atoms with E-state index in [1.54, 1.807) is 0 Å². The molecule has 0 aromatic rings. The van der Waals surface area contributed by atoms with Crippen LogP contribution in [0.25, 0.3) is 0 Å². The highest BCUT2D eigenvalue weighted by molar-refractivity contribution is 5.70. The lowest BCUT2D eigenvalue weighted by atomic mass is 10.1. The molecule has 0 saturated heterocycles. The smallest absolute Gasteiger partial charge is 0.306 e. The van der Waals surface area contributed by atoms with Crippen molar-refractivity contribution < 1.29 is 23.8 Å². The van der Waals surface area contributed by atoms with E-state index in [9.17, 15) is 9.59 Å². The summed E-state index contributed by atoms with van der Waals surface area (Å²) in [4.78, 5) is 25.4. The third kappa shape index (κ3) is 55.2. The third-order valence-corrected chi connectivity index (χ3v) is 11.8. The fourth-order valence-corrected chi connectivity index (χ4v) is 7.56. The molecule has 388 valence electrons. The van der Waals surface area contributed by atoms with Gasteiger partial charge in [0.05, 0.1) is 6.61 Å². The first-order chi connectivity index (χ1) is 33.6. The number of allylic oxidation sites excluding steroid dienone is 18. The van der Waals surface area contributed by atoms with Crippen LogP contribution < -0.4 is 0 Å². The van der Waals surface area contributed by atoms with Gasteiger partial charge in [-0.05, 0) is 116 Å². The molecule has 0 fully saturated rings. The number of rotatable bonds is 51. The fraction of sp³-hybridized carbons (Fsp3) is 0.683. The molecule has 0 amide bonds. The van der Waals surface area contributed by atoms with Gasteiger partial charge < -0.3 is 14.2 Å². The average Bonchev–Trinajstić information content (AvgIpc) is 3.34. The Kier molecular flexibility index (Phi) is 54.9. The molecule has 0 saturated carbocycles. The molecule has 0 aliphatic rings. The summed E-state index contributed by atoms with van der Waals surface area (Å²) in [6, 6.07) is 0. The van der Waals surface area contributed by atoms with Crippen LogP contribution in [0.2, 0.25) is 0 Å². The van der Waals surface area contributed by atoms with Crippen molar-refractivity contribution in [2.45, 2.75) is 258 Å². The Morgan fingerprint density at radius 3 is 1.16 bits per heavy atom. The molecule has 5 nitrogen and oxygen atoms in total. The van der Waals surface area contributed by atoms with E-state index in [-0.39, 0.29) is 25.2 Å². The lowest BCUT2D eigenvalue weighted by molar-refractivity contribution is -0.162. The fourth-order valence-electron chi connectivity index (χ4n) is 7.56. The summed E-state index contributed by atoms with van der Waals surface area (Å²) >= 11 is 0. The maximum absolute atomic E-state index is 12.8. The summed E-state index contributed by atoms with van der Waals surface area (Å²) in [5.41, 5.74) is 0.